The Balaban J connectivity index is 2.25. The van der Waals surface area contributed by atoms with E-state index >= 15 is 0 Å². The van der Waals surface area contributed by atoms with Gasteiger partial charge in [0.1, 0.15) is 5.82 Å². The number of ketones is 1. The van der Waals surface area contributed by atoms with Gasteiger partial charge in [0.2, 0.25) is 0 Å². The van der Waals surface area contributed by atoms with Gasteiger partial charge in [0.25, 0.3) is 0 Å². The van der Waals surface area contributed by atoms with Gasteiger partial charge in [0.15, 0.2) is 17.3 Å². The maximum Gasteiger partial charge on any atom is 0.185 e. The Hall–Kier alpha value is -2.14. The van der Waals surface area contributed by atoms with Crippen molar-refractivity contribution in [2.24, 2.45) is 0 Å². The van der Waals surface area contributed by atoms with Crippen LogP contribution in [0.4, 0.5) is 4.39 Å². The summed E-state index contributed by atoms with van der Waals surface area (Å²) in [4.78, 5) is 11.9. The summed E-state index contributed by atoms with van der Waals surface area (Å²) < 4.78 is 18.5. The summed E-state index contributed by atoms with van der Waals surface area (Å²) in [5, 5.41) is 9.70. The van der Waals surface area contributed by atoms with Crippen LogP contribution in [0.3, 0.4) is 0 Å². The average Bonchev–Trinajstić information content (AvgIpc) is 2.48. The lowest BCUT2D eigenvalue weighted by Gasteiger charge is -2.06. The molecule has 0 aliphatic heterocycles. The van der Waals surface area contributed by atoms with E-state index in [0.717, 1.165) is 0 Å². The van der Waals surface area contributed by atoms with Crippen LogP contribution in [-0.4, -0.2) is 18.0 Å². The molecule has 0 atom stereocenters. The van der Waals surface area contributed by atoms with Gasteiger partial charge in [-0.05, 0) is 51.8 Å². The molecule has 2 rings (SSSR count). The van der Waals surface area contributed by atoms with Crippen LogP contribution in [0.2, 0.25) is 0 Å². The van der Waals surface area contributed by atoms with Gasteiger partial charge in [-0.1, -0.05) is 18.2 Å². The smallest absolute Gasteiger partial charge is 0.185 e. The molecule has 21 heavy (non-hydrogen) atoms. The fourth-order valence-electron chi connectivity index (χ4n) is 1.76. The van der Waals surface area contributed by atoms with Crippen molar-refractivity contribution in [2.75, 3.05) is 7.11 Å². The highest BCUT2D eigenvalue weighted by atomic mass is 79.9. The molecule has 108 valence electrons. The van der Waals surface area contributed by atoms with E-state index < -0.39 is 5.82 Å². The summed E-state index contributed by atoms with van der Waals surface area (Å²) in [6.45, 7) is 0. The minimum Gasteiger partial charge on any atom is -0.503 e. The summed E-state index contributed by atoms with van der Waals surface area (Å²) in [7, 11) is 1.44. The van der Waals surface area contributed by atoms with Crippen molar-refractivity contribution in [3.63, 3.8) is 0 Å². The van der Waals surface area contributed by atoms with Crippen molar-refractivity contribution in [1.82, 2.24) is 0 Å². The van der Waals surface area contributed by atoms with Gasteiger partial charge in [0, 0.05) is 5.56 Å². The molecule has 0 amide bonds. The predicted octanol–water partition coefficient (Wildman–Crippen LogP) is 4.20. The molecular formula is C16H12BrFO3. The van der Waals surface area contributed by atoms with Crippen LogP contribution in [0.25, 0.3) is 6.08 Å². The van der Waals surface area contributed by atoms with Gasteiger partial charge in [-0.25, -0.2) is 4.39 Å². The number of rotatable bonds is 4. The number of halogens is 2. The Morgan fingerprint density at radius 1 is 1.33 bits per heavy atom. The molecule has 5 heteroatoms. The van der Waals surface area contributed by atoms with E-state index in [0.29, 0.717) is 15.8 Å². The zero-order chi connectivity index (χ0) is 15.4. The van der Waals surface area contributed by atoms with E-state index in [1.165, 1.54) is 31.4 Å². The minimum absolute atomic E-state index is 0.00823. The molecule has 0 aliphatic rings. The van der Waals surface area contributed by atoms with E-state index in [1.807, 2.05) is 0 Å². The van der Waals surface area contributed by atoms with Crippen molar-refractivity contribution in [1.29, 1.82) is 0 Å². The van der Waals surface area contributed by atoms with E-state index in [2.05, 4.69) is 15.9 Å². The highest BCUT2D eigenvalue weighted by Crippen LogP contribution is 2.35. The maximum absolute atomic E-state index is 13.1. The fraction of sp³-hybridized carbons (Fsp3) is 0.0625. The number of ether oxygens (including phenoxy) is 1. The van der Waals surface area contributed by atoms with Crippen molar-refractivity contribution >= 4 is 27.8 Å². The largest absolute Gasteiger partial charge is 0.503 e. The second-order valence-electron chi connectivity index (χ2n) is 4.26. The molecule has 2 aromatic rings. The average molecular weight is 351 g/mol. The van der Waals surface area contributed by atoms with E-state index in [9.17, 15) is 14.3 Å². The third kappa shape index (κ3) is 3.70. The Morgan fingerprint density at radius 2 is 2.10 bits per heavy atom. The lowest BCUT2D eigenvalue weighted by atomic mass is 10.1. The van der Waals surface area contributed by atoms with E-state index in [4.69, 9.17) is 4.74 Å². The van der Waals surface area contributed by atoms with Crippen LogP contribution < -0.4 is 4.74 Å². The number of hydrogen-bond donors (Lipinski definition) is 1. The SMILES string of the molecule is COc1cc(/C=C/C(=O)c2cccc(F)c2)cc(Br)c1O. The molecule has 0 radical (unpaired) electrons. The van der Waals surface area contributed by atoms with E-state index in [-0.39, 0.29) is 17.1 Å². The number of hydrogen-bond acceptors (Lipinski definition) is 3. The third-order valence-corrected chi connectivity index (χ3v) is 3.41. The molecular weight excluding hydrogens is 339 g/mol. The Labute approximate surface area is 129 Å². The molecule has 0 spiro atoms. The first-order valence-corrected chi connectivity index (χ1v) is 6.85. The zero-order valence-corrected chi connectivity index (χ0v) is 12.7. The van der Waals surface area contributed by atoms with Gasteiger partial charge >= 0.3 is 0 Å². The molecule has 3 nitrogen and oxygen atoms in total. The number of phenols is 1. The number of allylic oxidation sites excluding steroid dienone is 1. The van der Waals surface area contributed by atoms with Gasteiger partial charge in [-0.2, -0.15) is 0 Å². The molecule has 0 heterocycles. The number of carbonyl (C=O) groups is 1. The molecule has 0 bridgehead atoms. The van der Waals surface area contributed by atoms with Crippen LogP contribution in [-0.2, 0) is 0 Å². The first-order valence-electron chi connectivity index (χ1n) is 6.05. The van der Waals surface area contributed by atoms with Gasteiger partial charge < -0.3 is 9.84 Å². The minimum atomic E-state index is -0.455. The lowest BCUT2D eigenvalue weighted by Crippen LogP contribution is -1.94. The number of benzene rings is 2. The molecule has 0 fully saturated rings. The van der Waals surface area contributed by atoms with Crippen molar-refractivity contribution < 1.29 is 19.0 Å². The molecule has 0 saturated carbocycles. The van der Waals surface area contributed by atoms with Crippen molar-refractivity contribution in [3.8, 4) is 11.5 Å². The number of phenolic OH excluding ortho intramolecular Hbond substituents is 1. The third-order valence-electron chi connectivity index (χ3n) is 2.81. The molecule has 0 unspecified atom stereocenters. The zero-order valence-electron chi connectivity index (χ0n) is 11.1. The molecule has 0 saturated heterocycles. The molecule has 2 aromatic carbocycles. The highest BCUT2D eigenvalue weighted by Gasteiger charge is 2.08. The number of carbonyl (C=O) groups excluding carboxylic acids is 1. The summed E-state index contributed by atoms with van der Waals surface area (Å²) in [5.41, 5.74) is 0.942. The van der Waals surface area contributed by atoms with Gasteiger partial charge in [0.05, 0.1) is 11.6 Å². The Kier molecular flexibility index (Phi) is 4.75. The van der Waals surface area contributed by atoms with Crippen molar-refractivity contribution in [2.45, 2.75) is 0 Å². The topological polar surface area (TPSA) is 46.5 Å². The Morgan fingerprint density at radius 3 is 2.76 bits per heavy atom. The quantitative estimate of drug-likeness (QED) is 0.663. The molecule has 0 aromatic heterocycles. The van der Waals surface area contributed by atoms with Crippen LogP contribution in [0, 0.1) is 5.82 Å². The molecule has 0 aliphatic carbocycles. The second-order valence-corrected chi connectivity index (χ2v) is 5.12. The summed E-state index contributed by atoms with van der Waals surface area (Å²) in [6, 6.07) is 8.73. The van der Waals surface area contributed by atoms with Gasteiger partial charge in [-0.15, -0.1) is 0 Å². The lowest BCUT2D eigenvalue weighted by molar-refractivity contribution is 0.104. The number of methoxy groups -OCH3 is 1. The highest BCUT2D eigenvalue weighted by molar-refractivity contribution is 9.10. The standard InChI is InChI=1S/C16H12BrFO3/c1-21-15-8-10(7-13(17)16(15)20)5-6-14(19)11-3-2-4-12(18)9-11/h2-9,20H,1H3/b6-5+. The first kappa shape index (κ1) is 15.3. The normalized spacial score (nSPS) is 10.8. The Bertz CT molecular complexity index is 711. The fourth-order valence-corrected chi connectivity index (χ4v) is 2.22. The summed E-state index contributed by atoms with van der Waals surface area (Å²) in [6.07, 6.45) is 2.91. The predicted molar refractivity (Wildman–Crippen MR) is 82.1 cm³/mol. The van der Waals surface area contributed by atoms with Crippen LogP contribution in [0.5, 0.6) is 11.5 Å². The van der Waals surface area contributed by atoms with Crippen LogP contribution >= 0.6 is 15.9 Å². The molecule has 1 N–H and O–H groups in total. The summed E-state index contributed by atoms with van der Waals surface area (Å²) >= 11 is 3.20. The second kappa shape index (κ2) is 6.54. The van der Waals surface area contributed by atoms with Gasteiger partial charge in [-0.3, -0.25) is 4.79 Å². The monoisotopic (exact) mass is 350 g/mol. The van der Waals surface area contributed by atoms with Crippen molar-refractivity contribution in [3.05, 3.63) is 63.9 Å². The number of aromatic hydroxyl groups is 1. The van der Waals surface area contributed by atoms with Crippen LogP contribution in [0.1, 0.15) is 15.9 Å². The van der Waals surface area contributed by atoms with E-state index in [1.54, 1.807) is 24.3 Å². The first-order chi connectivity index (χ1) is 10.0. The summed E-state index contributed by atoms with van der Waals surface area (Å²) in [5.74, 6) is -0.478. The maximum atomic E-state index is 13.1. The van der Waals surface area contributed by atoms with Crippen LogP contribution in [0.15, 0.2) is 46.9 Å².